The van der Waals surface area contributed by atoms with Gasteiger partial charge in [0.15, 0.2) is 0 Å². The lowest BCUT2D eigenvalue weighted by Gasteiger charge is -2.09. The summed E-state index contributed by atoms with van der Waals surface area (Å²) < 4.78 is 5.30. The summed E-state index contributed by atoms with van der Waals surface area (Å²) in [6.07, 6.45) is 0. The molecule has 3 rings (SSSR count). The molecule has 0 unspecified atom stereocenters. The minimum absolute atomic E-state index is 0.106. The Kier molecular flexibility index (Phi) is 5.67. The minimum Gasteiger partial charge on any atom is -0.423 e. The van der Waals surface area contributed by atoms with Gasteiger partial charge in [-0.25, -0.2) is 4.79 Å². The number of rotatable bonds is 5. The van der Waals surface area contributed by atoms with Crippen molar-refractivity contribution in [3.63, 3.8) is 0 Å². The number of nitrogens with zero attached hydrogens (tertiary/aromatic N) is 1. The quantitative estimate of drug-likeness (QED) is 0.291. The Morgan fingerprint density at radius 1 is 0.964 bits per heavy atom. The van der Waals surface area contributed by atoms with Crippen molar-refractivity contribution in [2.24, 2.45) is 0 Å². The fourth-order valence-corrected chi connectivity index (χ4v) is 2.58. The van der Waals surface area contributed by atoms with Crippen LogP contribution in [0.5, 0.6) is 5.75 Å². The number of esters is 1. The molecule has 0 atom stereocenters. The van der Waals surface area contributed by atoms with E-state index in [-0.39, 0.29) is 27.6 Å². The third kappa shape index (κ3) is 4.52. The molecule has 140 valence electrons. The summed E-state index contributed by atoms with van der Waals surface area (Å²) in [6.45, 7) is 0. The number of amides is 1. The van der Waals surface area contributed by atoms with Crippen LogP contribution in [0.25, 0.3) is 0 Å². The number of carbonyl (C=O) groups excluding carboxylic acids is 2. The highest BCUT2D eigenvalue weighted by atomic mass is 35.5. The van der Waals surface area contributed by atoms with E-state index in [1.165, 1.54) is 30.3 Å². The predicted octanol–water partition coefficient (Wildman–Crippen LogP) is 4.72. The highest BCUT2D eigenvalue weighted by Crippen LogP contribution is 2.22. The van der Waals surface area contributed by atoms with Gasteiger partial charge in [0.25, 0.3) is 11.6 Å². The van der Waals surface area contributed by atoms with Crippen molar-refractivity contribution in [1.82, 2.24) is 0 Å². The van der Waals surface area contributed by atoms with Crippen LogP contribution in [0.3, 0.4) is 0 Å². The summed E-state index contributed by atoms with van der Waals surface area (Å²) in [5, 5.41) is 13.6. The minimum atomic E-state index is -0.621. The Balaban J connectivity index is 1.71. The van der Waals surface area contributed by atoms with Gasteiger partial charge in [0.2, 0.25) is 0 Å². The lowest BCUT2D eigenvalue weighted by atomic mass is 10.2. The SMILES string of the molecule is O=C(Nc1cccc(OC(=O)c2ccccc2Cl)c1)c1ccc([N+](=O)[O-])cc1. The molecule has 0 aliphatic heterocycles. The first-order chi connectivity index (χ1) is 13.4. The highest BCUT2D eigenvalue weighted by molar-refractivity contribution is 6.33. The first-order valence-corrected chi connectivity index (χ1v) is 8.44. The molecule has 0 aliphatic carbocycles. The van der Waals surface area contributed by atoms with Crippen molar-refractivity contribution in [3.05, 3.63) is 99.1 Å². The van der Waals surface area contributed by atoms with Crippen LogP contribution in [-0.2, 0) is 0 Å². The molecular weight excluding hydrogens is 384 g/mol. The van der Waals surface area contributed by atoms with Gasteiger partial charge in [-0.05, 0) is 36.4 Å². The summed E-state index contributed by atoms with van der Waals surface area (Å²) in [5.41, 5.74) is 0.770. The van der Waals surface area contributed by atoms with Gasteiger partial charge in [0.05, 0.1) is 15.5 Å². The molecule has 0 saturated carbocycles. The summed E-state index contributed by atoms with van der Waals surface area (Å²) in [4.78, 5) is 34.7. The molecule has 0 spiro atoms. The molecule has 7 nitrogen and oxygen atoms in total. The van der Waals surface area contributed by atoms with E-state index in [0.29, 0.717) is 5.69 Å². The molecule has 0 saturated heterocycles. The fourth-order valence-electron chi connectivity index (χ4n) is 2.36. The number of benzene rings is 3. The average Bonchev–Trinajstić information content (AvgIpc) is 2.68. The Hall–Kier alpha value is -3.71. The van der Waals surface area contributed by atoms with Gasteiger partial charge in [0, 0.05) is 29.4 Å². The molecule has 0 radical (unpaired) electrons. The summed E-state index contributed by atoms with van der Waals surface area (Å²) in [6, 6.07) is 18.0. The summed E-state index contributed by atoms with van der Waals surface area (Å²) in [5.74, 6) is -0.847. The third-order valence-electron chi connectivity index (χ3n) is 3.74. The molecule has 0 aromatic heterocycles. The van der Waals surface area contributed by atoms with Crippen molar-refractivity contribution < 1.29 is 19.2 Å². The second kappa shape index (κ2) is 8.32. The fraction of sp³-hybridized carbons (Fsp3) is 0. The number of non-ortho nitro benzene ring substituents is 1. The molecule has 0 fully saturated rings. The highest BCUT2D eigenvalue weighted by Gasteiger charge is 2.13. The van der Waals surface area contributed by atoms with Crippen LogP contribution in [0.1, 0.15) is 20.7 Å². The number of hydrogen-bond donors (Lipinski definition) is 1. The maximum Gasteiger partial charge on any atom is 0.345 e. The molecule has 28 heavy (non-hydrogen) atoms. The van der Waals surface area contributed by atoms with Crippen LogP contribution < -0.4 is 10.1 Å². The van der Waals surface area contributed by atoms with Crippen molar-refractivity contribution in [2.75, 3.05) is 5.32 Å². The number of nitro benzene ring substituents is 1. The number of ether oxygens (including phenoxy) is 1. The van der Waals surface area contributed by atoms with E-state index in [2.05, 4.69) is 5.32 Å². The molecule has 3 aromatic rings. The molecule has 0 aliphatic rings. The lowest BCUT2D eigenvalue weighted by molar-refractivity contribution is -0.384. The first-order valence-electron chi connectivity index (χ1n) is 8.06. The van der Waals surface area contributed by atoms with Gasteiger partial charge >= 0.3 is 5.97 Å². The molecule has 8 heteroatoms. The average molecular weight is 397 g/mol. The van der Waals surface area contributed by atoms with Crippen molar-refractivity contribution in [2.45, 2.75) is 0 Å². The number of carbonyl (C=O) groups is 2. The number of hydrogen-bond acceptors (Lipinski definition) is 5. The van der Waals surface area contributed by atoms with Crippen molar-refractivity contribution in [3.8, 4) is 5.75 Å². The normalized spacial score (nSPS) is 10.2. The smallest absolute Gasteiger partial charge is 0.345 e. The Morgan fingerprint density at radius 3 is 2.36 bits per heavy atom. The number of anilines is 1. The van der Waals surface area contributed by atoms with Crippen LogP contribution >= 0.6 is 11.6 Å². The Labute approximate surface area is 164 Å². The standard InChI is InChI=1S/C20H13ClN2O5/c21-18-7-2-1-6-17(18)20(25)28-16-5-3-4-14(12-16)22-19(24)13-8-10-15(11-9-13)23(26)27/h1-12H,(H,22,24). The van der Waals surface area contributed by atoms with Gasteiger partial charge in [-0.1, -0.05) is 29.8 Å². The maximum atomic E-state index is 12.3. The lowest BCUT2D eigenvalue weighted by Crippen LogP contribution is -2.12. The van der Waals surface area contributed by atoms with Gasteiger partial charge in [-0.2, -0.15) is 0 Å². The van der Waals surface area contributed by atoms with Gasteiger partial charge in [-0.3, -0.25) is 14.9 Å². The van der Waals surface area contributed by atoms with Gasteiger partial charge < -0.3 is 10.1 Å². The van der Waals surface area contributed by atoms with E-state index in [0.717, 1.165) is 0 Å². The summed E-state index contributed by atoms with van der Waals surface area (Å²) in [7, 11) is 0. The van der Waals surface area contributed by atoms with E-state index in [9.17, 15) is 19.7 Å². The van der Waals surface area contributed by atoms with E-state index >= 15 is 0 Å². The summed E-state index contributed by atoms with van der Waals surface area (Å²) >= 11 is 5.98. The Morgan fingerprint density at radius 2 is 1.68 bits per heavy atom. The van der Waals surface area contributed by atoms with Crippen LogP contribution in [0.2, 0.25) is 5.02 Å². The second-order valence-corrected chi connectivity index (χ2v) is 6.06. The molecule has 3 aromatic carbocycles. The predicted molar refractivity (Wildman–Crippen MR) is 104 cm³/mol. The second-order valence-electron chi connectivity index (χ2n) is 5.66. The van der Waals surface area contributed by atoms with Crippen molar-refractivity contribution in [1.29, 1.82) is 0 Å². The van der Waals surface area contributed by atoms with Crippen LogP contribution in [0, 0.1) is 10.1 Å². The third-order valence-corrected chi connectivity index (χ3v) is 4.07. The van der Waals surface area contributed by atoms with E-state index in [4.69, 9.17) is 16.3 Å². The molecular formula is C20H13ClN2O5. The van der Waals surface area contributed by atoms with E-state index < -0.39 is 16.8 Å². The molecule has 1 N–H and O–H groups in total. The molecule has 1 amide bonds. The topological polar surface area (TPSA) is 98.5 Å². The molecule has 0 bridgehead atoms. The van der Waals surface area contributed by atoms with Gasteiger partial charge in [0.1, 0.15) is 5.75 Å². The van der Waals surface area contributed by atoms with Crippen molar-refractivity contribution >= 4 is 34.9 Å². The van der Waals surface area contributed by atoms with E-state index in [1.54, 1.807) is 42.5 Å². The number of nitro groups is 1. The zero-order valence-electron chi connectivity index (χ0n) is 14.3. The maximum absolute atomic E-state index is 12.3. The zero-order valence-corrected chi connectivity index (χ0v) is 15.1. The van der Waals surface area contributed by atoms with Crippen LogP contribution in [-0.4, -0.2) is 16.8 Å². The largest absolute Gasteiger partial charge is 0.423 e. The van der Waals surface area contributed by atoms with Gasteiger partial charge in [-0.15, -0.1) is 0 Å². The zero-order chi connectivity index (χ0) is 20.1. The number of halogens is 1. The van der Waals surface area contributed by atoms with Crippen LogP contribution in [0.15, 0.2) is 72.8 Å². The number of nitrogens with one attached hydrogen (secondary N) is 1. The molecule has 0 heterocycles. The first kappa shape index (κ1) is 19.1. The monoisotopic (exact) mass is 396 g/mol. The van der Waals surface area contributed by atoms with Crippen LogP contribution in [0.4, 0.5) is 11.4 Å². The Bertz CT molecular complexity index is 1050. The van der Waals surface area contributed by atoms with E-state index in [1.807, 2.05) is 0 Å².